The lowest BCUT2D eigenvalue weighted by atomic mass is 10.4. The van der Waals surface area contributed by atoms with Gasteiger partial charge in [-0.2, -0.15) is 0 Å². The smallest absolute Gasteiger partial charge is 0.377 e. The Hall–Kier alpha value is -0.466. The highest BCUT2D eigenvalue weighted by molar-refractivity contribution is 7.19. The van der Waals surface area contributed by atoms with Gasteiger partial charge in [0.15, 0.2) is 9.04 Å². The van der Waals surface area contributed by atoms with Gasteiger partial charge in [0.1, 0.15) is 0 Å². The molecule has 0 aromatic heterocycles. The largest absolute Gasteiger partial charge is 0.470 e. The van der Waals surface area contributed by atoms with Crippen molar-refractivity contribution < 1.29 is 13.3 Å². The van der Waals surface area contributed by atoms with E-state index in [0.29, 0.717) is 28.9 Å². The van der Waals surface area contributed by atoms with E-state index in [1.807, 2.05) is 39.0 Å². The van der Waals surface area contributed by atoms with Crippen molar-refractivity contribution in [1.82, 2.24) is 0 Å². The van der Waals surface area contributed by atoms with E-state index >= 15 is 0 Å². The van der Waals surface area contributed by atoms with Crippen LogP contribution in [0.2, 0.25) is 0 Å². The SMILES string of the molecule is CCO[Si](OCC)(OCC)[Si]c1ccccc1. The quantitative estimate of drug-likeness (QED) is 0.670. The van der Waals surface area contributed by atoms with Crippen molar-refractivity contribution in [2.45, 2.75) is 20.8 Å². The van der Waals surface area contributed by atoms with Gasteiger partial charge in [0.2, 0.25) is 0 Å². The molecule has 1 aromatic rings. The van der Waals surface area contributed by atoms with E-state index in [0.717, 1.165) is 0 Å². The molecule has 0 aliphatic rings. The third kappa shape index (κ3) is 4.73. The predicted molar refractivity (Wildman–Crippen MR) is 72.5 cm³/mol. The van der Waals surface area contributed by atoms with Crippen LogP contribution in [0.5, 0.6) is 0 Å². The Balaban J connectivity index is 2.80. The minimum atomic E-state index is -2.51. The van der Waals surface area contributed by atoms with E-state index < -0.39 is 8.32 Å². The molecule has 0 aliphatic carbocycles. The lowest BCUT2D eigenvalue weighted by Crippen LogP contribution is -2.56. The molecule has 5 heteroatoms. The van der Waals surface area contributed by atoms with E-state index in [1.54, 1.807) is 0 Å². The molecule has 17 heavy (non-hydrogen) atoms. The Morgan fingerprint density at radius 1 is 0.882 bits per heavy atom. The molecule has 0 spiro atoms. The van der Waals surface area contributed by atoms with E-state index in [2.05, 4.69) is 12.1 Å². The molecule has 0 fully saturated rings. The second-order valence-corrected chi connectivity index (χ2v) is 8.74. The van der Waals surface area contributed by atoms with Crippen LogP contribution >= 0.6 is 0 Å². The van der Waals surface area contributed by atoms with Crippen LogP contribution in [0, 0.1) is 0 Å². The standard InChI is InChI=1S/C12H20O3Si2/c1-4-13-17(14-5-2,15-6-3)16-12-10-8-7-9-11-12/h7-11H,4-6H2,1-3H3. The molecule has 0 N–H and O–H groups in total. The lowest BCUT2D eigenvalue weighted by Gasteiger charge is -2.28. The van der Waals surface area contributed by atoms with Crippen molar-refractivity contribution in [3.05, 3.63) is 30.3 Å². The lowest BCUT2D eigenvalue weighted by molar-refractivity contribution is 0.0934. The van der Waals surface area contributed by atoms with Crippen molar-refractivity contribution in [1.29, 1.82) is 0 Å². The Bertz CT molecular complexity index is 289. The molecule has 3 nitrogen and oxygen atoms in total. The fourth-order valence-electron chi connectivity index (χ4n) is 1.50. The maximum absolute atomic E-state index is 5.82. The summed E-state index contributed by atoms with van der Waals surface area (Å²) >= 11 is 0. The molecule has 0 bridgehead atoms. The van der Waals surface area contributed by atoms with Gasteiger partial charge >= 0.3 is 8.32 Å². The number of hydrogen-bond acceptors (Lipinski definition) is 3. The summed E-state index contributed by atoms with van der Waals surface area (Å²) in [6.07, 6.45) is 0. The third-order valence-corrected chi connectivity index (χ3v) is 8.09. The van der Waals surface area contributed by atoms with Crippen LogP contribution in [0.1, 0.15) is 20.8 Å². The fraction of sp³-hybridized carbons (Fsp3) is 0.500. The number of rotatable bonds is 8. The van der Waals surface area contributed by atoms with Gasteiger partial charge in [-0.25, -0.2) is 0 Å². The highest BCUT2D eigenvalue weighted by Gasteiger charge is 2.40. The second-order valence-electron chi connectivity index (χ2n) is 3.35. The Labute approximate surface area is 107 Å². The topological polar surface area (TPSA) is 27.7 Å². The highest BCUT2D eigenvalue weighted by atomic mass is 29.2. The average Bonchev–Trinajstić information content (AvgIpc) is 2.31. The van der Waals surface area contributed by atoms with E-state index in [4.69, 9.17) is 13.3 Å². The van der Waals surface area contributed by atoms with Gasteiger partial charge in [-0.3, -0.25) is 0 Å². The van der Waals surface area contributed by atoms with Crippen LogP contribution in [0.3, 0.4) is 0 Å². The van der Waals surface area contributed by atoms with Crippen LogP contribution in [-0.4, -0.2) is 37.2 Å². The van der Waals surface area contributed by atoms with E-state index in [9.17, 15) is 0 Å². The van der Waals surface area contributed by atoms with Gasteiger partial charge in [-0.15, -0.1) is 0 Å². The zero-order valence-electron chi connectivity index (χ0n) is 10.7. The summed E-state index contributed by atoms with van der Waals surface area (Å²) in [6, 6.07) is 10.3. The molecule has 0 unspecified atom stereocenters. The molecule has 0 aliphatic heterocycles. The summed E-state index contributed by atoms with van der Waals surface area (Å²) in [5.74, 6) is 0. The fourth-order valence-corrected chi connectivity index (χ4v) is 7.33. The van der Waals surface area contributed by atoms with Gasteiger partial charge in [-0.05, 0) is 20.8 Å². The van der Waals surface area contributed by atoms with Crippen molar-refractivity contribution in [2.24, 2.45) is 0 Å². The first-order chi connectivity index (χ1) is 8.26. The summed E-state index contributed by atoms with van der Waals surface area (Å²) in [7, 11) is -2.05. The van der Waals surface area contributed by atoms with Crippen LogP contribution in [0.4, 0.5) is 0 Å². The number of hydrogen-bond donors (Lipinski definition) is 0. The van der Waals surface area contributed by atoms with Crippen molar-refractivity contribution in [3.63, 3.8) is 0 Å². The summed E-state index contributed by atoms with van der Waals surface area (Å²) in [4.78, 5) is 0. The molecular formula is C12H20O3Si2. The van der Waals surface area contributed by atoms with Crippen LogP contribution in [0.25, 0.3) is 0 Å². The maximum atomic E-state index is 5.82. The van der Waals surface area contributed by atoms with Crippen LogP contribution < -0.4 is 5.19 Å². The van der Waals surface area contributed by atoms with Crippen molar-refractivity contribution >= 4 is 22.5 Å². The molecule has 0 atom stereocenters. The van der Waals surface area contributed by atoms with Crippen LogP contribution in [-0.2, 0) is 13.3 Å². The first-order valence-corrected chi connectivity index (χ1v) is 9.74. The predicted octanol–water partition coefficient (Wildman–Crippen LogP) is 1.56. The molecule has 1 aromatic carbocycles. The van der Waals surface area contributed by atoms with E-state index in [-0.39, 0.29) is 0 Å². The van der Waals surface area contributed by atoms with Crippen molar-refractivity contribution in [2.75, 3.05) is 19.8 Å². The van der Waals surface area contributed by atoms with Crippen LogP contribution in [0.15, 0.2) is 30.3 Å². The maximum Gasteiger partial charge on any atom is 0.470 e. The molecule has 94 valence electrons. The Morgan fingerprint density at radius 3 is 1.76 bits per heavy atom. The Kier molecular flexibility index (Phi) is 6.68. The second kappa shape index (κ2) is 7.78. The van der Waals surface area contributed by atoms with Gasteiger partial charge < -0.3 is 13.3 Å². The summed E-state index contributed by atoms with van der Waals surface area (Å²) < 4.78 is 17.5. The molecule has 0 saturated carbocycles. The summed E-state index contributed by atoms with van der Waals surface area (Å²) in [6.45, 7) is 7.84. The third-order valence-electron chi connectivity index (χ3n) is 2.07. The first kappa shape index (κ1) is 14.6. The molecular weight excluding hydrogens is 248 g/mol. The zero-order chi connectivity index (χ0) is 12.6. The zero-order valence-corrected chi connectivity index (χ0v) is 12.7. The minimum Gasteiger partial charge on any atom is -0.377 e. The molecule has 0 saturated heterocycles. The van der Waals surface area contributed by atoms with E-state index in [1.165, 1.54) is 5.19 Å². The highest BCUT2D eigenvalue weighted by Crippen LogP contribution is 2.08. The van der Waals surface area contributed by atoms with Gasteiger partial charge in [0.25, 0.3) is 0 Å². The summed E-state index contributed by atoms with van der Waals surface area (Å²) in [5.41, 5.74) is 0. The molecule has 0 amide bonds. The van der Waals surface area contributed by atoms with Crippen molar-refractivity contribution in [3.8, 4) is 0 Å². The first-order valence-electron chi connectivity index (χ1n) is 6.01. The molecule has 0 heterocycles. The Morgan fingerprint density at radius 2 is 1.35 bits per heavy atom. The average molecular weight is 268 g/mol. The van der Waals surface area contributed by atoms with Gasteiger partial charge in [0, 0.05) is 19.8 Å². The van der Waals surface area contributed by atoms with Gasteiger partial charge in [0.05, 0.1) is 0 Å². The normalized spacial score (nSPS) is 11.7. The van der Waals surface area contributed by atoms with Gasteiger partial charge in [-0.1, -0.05) is 35.5 Å². The minimum absolute atomic E-state index is 0.459. The number of benzene rings is 1. The summed E-state index contributed by atoms with van der Waals surface area (Å²) in [5, 5.41) is 1.23. The molecule has 2 radical (unpaired) electrons. The molecule has 1 rings (SSSR count). The monoisotopic (exact) mass is 268 g/mol.